The highest BCUT2D eigenvalue weighted by Gasteiger charge is 2.19. The number of fused-ring (bicyclic) bond motifs is 9. The fraction of sp³-hybridized carbons (Fsp3) is 0. The number of benzene rings is 8. The van der Waals surface area contributed by atoms with Crippen molar-refractivity contribution < 1.29 is 4.42 Å². The third-order valence-electron chi connectivity index (χ3n) is 9.67. The van der Waals surface area contributed by atoms with E-state index in [-0.39, 0.29) is 0 Å². The summed E-state index contributed by atoms with van der Waals surface area (Å²) in [4.78, 5) is 2.32. The van der Waals surface area contributed by atoms with Crippen LogP contribution >= 0.6 is 11.3 Å². The average Bonchev–Trinajstić information content (AvgIpc) is 3.74. The van der Waals surface area contributed by atoms with E-state index in [1.165, 1.54) is 58.6 Å². The number of hydrogen-bond donors (Lipinski definition) is 0. The average molecular weight is 644 g/mol. The molecule has 0 saturated heterocycles. The topological polar surface area (TPSA) is 16.4 Å². The van der Waals surface area contributed by atoms with Crippen LogP contribution in [0.4, 0.5) is 17.1 Å². The van der Waals surface area contributed by atoms with E-state index in [0.29, 0.717) is 0 Å². The Labute approximate surface area is 287 Å². The van der Waals surface area contributed by atoms with Crippen LogP contribution in [0.2, 0.25) is 0 Å². The lowest BCUT2D eigenvalue weighted by Crippen LogP contribution is -2.09. The lowest BCUT2D eigenvalue weighted by molar-refractivity contribution is 0.669. The zero-order valence-corrected chi connectivity index (χ0v) is 27.3. The van der Waals surface area contributed by atoms with Crippen LogP contribution in [-0.2, 0) is 0 Å². The molecule has 0 spiro atoms. The van der Waals surface area contributed by atoms with Crippen molar-refractivity contribution in [2.45, 2.75) is 0 Å². The Balaban J connectivity index is 1.13. The molecule has 0 bridgehead atoms. The summed E-state index contributed by atoms with van der Waals surface area (Å²) in [5.41, 5.74) is 9.81. The molecule has 0 amide bonds. The Hall–Kier alpha value is -6.16. The van der Waals surface area contributed by atoms with E-state index in [1.54, 1.807) is 0 Å². The third-order valence-corrected chi connectivity index (χ3v) is 10.9. The zero-order valence-electron chi connectivity index (χ0n) is 26.5. The Kier molecular flexibility index (Phi) is 6.39. The molecule has 10 aromatic rings. The summed E-state index contributed by atoms with van der Waals surface area (Å²) in [5.74, 6) is 0. The van der Waals surface area contributed by atoms with E-state index in [1.807, 2.05) is 11.3 Å². The quantitative estimate of drug-likeness (QED) is 0.186. The van der Waals surface area contributed by atoms with Crippen molar-refractivity contribution in [3.05, 3.63) is 176 Å². The first-order chi connectivity index (χ1) is 24.3. The highest BCUT2D eigenvalue weighted by molar-refractivity contribution is 7.27. The van der Waals surface area contributed by atoms with Crippen molar-refractivity contribution in [2.75, 3.05) is 4.90 Å². The first-order valence-corrected chi connectivity index (χ1v) is 17.4. The minimum atomic E-state index is 0.883. The normalized spacial score (nSPS) is 11.7. The molecule has 0 aliphatic carbocycles. The van der Waals surface area contributed by atoms with Gasteiger partial charge in [-0.05, 0) is 81.6 Å². The minimum absolute atomic E-state index is 0.883. The van der Waals surface area contributed by atoms with Crippen molar-refractivity contribution in [3.63, 3.8) is 0 Å². The van der Waals surface area contributed by atoms with Gasteiger partial charge in [-0.15, -0.1) is 11.3 Å². The van der Waals surface area contributed by atoms with Gasteiger partial charge in [0.05, 0.1) is 0 Å². The molecule has 49 heavy (non-hydrogen) atoms. The number of rotatable bonds is 5. The summed E-state index contributed by atoms with van der Waals surface area (Å²) in [6.45, 7) is 0. The summed E-state index contributed by atoms with van der Waals surface area (Å²) >= 11 is 1.87. The van der Waals surface area contributed by atoms with Gasteiger partial charge in [-0.3, -0.25) is 0 Å². The van der Waals surface area contributed by atoms with Crippen molar-refractivity contribution >= 4 is 81.3 Å². The van der Waals surface area contributed by atoms with E-state index in [2.05, 4.69) is 181 Å². The lowest BCUT2D eigenvalue weighted by Gasteiger charge is -2.26. The van der Waals surface area contributed by atoms with Crippen LogP contribution < -0.4 is 4.90 Å². The van der Waals surface area contributed by atoms with Crippen LogP contribution in [0.5, 0.6) is 0 Å². The third kappa shape index (κ3) is 4.62. The Morgan fingerprint density at radius 1 is 0.367 bits per heavy atom. The number of thiophene rings is 1. The highest BCUT2D eigenvalue weighted by atomic mass is 32.1. The molecule has 2 aromatic heterocycles. The smallest absolute Gasteiger partial charge is 0.137 e. The molecule has 2 heterocycles. The molecule has 0 radical (unpaired) electrons. The molecular formula is C46H29NOS. The van der Waals surface area contributed by atoms with Crippen LogP contribution in [-0.4, -0.2) is 0 Å². The predicted molar refractivity (Wildman–Crippen MR) is 210 cm³/mol. The second kappa shape index (κ2) is 11.2. The van der Waals surface area contributed by atoms with E-state index < -0.39 is 0 Å². The molecular weight excluding hydrogens is 615 g/mol. The molecule has 10 rings (SSSR count). The highest BCUT2D eigenvalue weighted by Crippen LogP contribution is 2.46. The molecule has 0 unspecified atom stereocenters. The Morgan fingerprint density at radius 2 is 0.898 bits per heavy atom. The first kappa shape index (κ1) is 27.9. The van der Waals surface area contributed by atoms with Crippen LogP contribution in [0, 0.1) is 0 Å². The Bertz CT molecular complexity index is 2710. The Morgan fingerprint density at radius 3 is 1.57 bits per heavy atom. The summed E-state index contributed by atoms with van der Waals surface area (Å²) < 4.78 is 9.25. The summed E-state index contributed by atoms with van der Waals surface area (Å²) in [6.07, 6.45) is 0. The number of furan rings is 1. The number of anilines is 3. The van der Waals surface area contributed by atoms with Crippen LogP contribution in [0.1, 0.15) is 0 Å². The SMILES string of the molecule is c1ccc(-c2ccc(N(c3ccc(-c4ccccc4)cc3)c3ccc4c(c3)oc3ccc5c6ccc7ccccc7c6sc5c34)cc2)cc1. The maximum absolute atomic E-state index is 6.64. The molecule has 0 aliphatic heterocycles. The molecule has 0 aliphatic rings. The molecule has 0 saturated carbocycles. The van der Waals surface area contributed by atoms with Gasteiger partial charge in [0.1, 0.15) is 11.2 Å². The van der Waals surface area contributed by atoms with Crippen molar-refractivity contribution in [2.24, 2.45) is 0 Å². The summed E-state index contributed by atoms with van der Waals surface area (Å²) in [6, 6.07) is 62.9. The second-order valence-electron chi connectivity index (χ2n) is 12.5. The van der Waals surface area contributed by atoms with E-state index in [0.717, 1.165) is 33.6 Å². The van der Waals surface area contributed by atoms with Crippen LogP contribution in [0.3, 0.4) is 0 Å². The molecule has 0 atom stereocenters. The molecule has 0 N–H and O–H groups in total. The van der Waals surface area contributed by atoms with E-state index >= 15 is 0 Å². The molecule has 0 fully saturated rings. The summed E-state index contributed by atoms with van der Waals surface area (Å²) in [5, 5.41) is 7.48. The molecule has 2 nitrogen and oxygen atoms in total. The van der Waals surface area contributed by atoms with Gasteiger partial charge in [-0.2, -0.15) is 0 Å². The van der Waals surface area contributed by atoms with Gasteiger partial charge in [-0.1, -0.05) is 121 Å². The van der Waals surface area contributed by atoms with Gasteiger partial charge in [0.25, 0.3) is 0 Å². The summed E-state index contributed by atoms with van der Waals surface area (Å²) in [7, 11) is 0. The van der Waals surface area contributed by atoms with E-state index in [4.69, 9.17) is 4.42 Å². The van der Waals surface area contributed by atoms with Gasteiger partial charge >= 0.3 is 0 Å². The maximum atomic E-state index is 6.64. The standard InChI is InChI=1S/C46H29NOS/c1-3-9-30(10-4-1)32-15-20-35(21-16-32)47(36-22-17-33(18-23-36)31-11-5-2-6-12-31)37-24-26-41-43(29-37)48-42-28-27-40-39-25-19-34-13-7-8-14-38(34)45(39)49-46(40)44(41)42/h1-29H. The van der Waals surface area contributed by atoms with Crippen molar-refractivity contribution in [1.29, 1.82) is 0 Å². The maximum Gasteiger partial charge on any atom is 0.137 e. The zero-order chi connectivity index (χ0) is 32.3. The fourth-order valence-electron chi connectivity index (χ4n) is 7.26. The number of hydrogen-bond acceptors (Lipinski definition) is 3. The minimum Gasteiger partial charge on any atom is -0.456 e. The molecule has 230 valence electrons. The fourth-order valence-corrected chi connectivity index (χ4v) is 8.65. The van der Waals surface area contributed by atoms with Crippen molar-refractivity contribution in [1.82, 2.24) is 0 Å². The first-order valence-electron chi connectivity index (χ1n) is 16.6. The van der Waals surface area contributed by atoms with Crippen LogP contribution in [0.25, 0.3) is 75.1 Å². The second-order valence-corrected chi connectivity index (χ2v) is 13.5. The number of nitrogens with zero attached hydrogens (tertiary/aromatic N) is 1. The predicted octanol–water partition coefficient (Wildman–Crippen LogP) is 13.9. The van der Waals surface area contributed by atoms with Gasteiger partial charge in [0.15, 0.2) is 0 Å². The van der Waals surface area contributed by atoms with Gasteiger partial charge in [0.2, 0.25) is 0 Å². The lowest BCUT2D eigenvalue weighted by atomic mass is 10.0. The van der Waals surface area contributed by atoms with Gasteiger partial charge in [0, 0.05) is 54.1 Å². The van der Waals surface area contributed by atoms with Gasteiger partial charge in [-0.25, -0.2) is 0 Å². The largest absolute Gasteiger partial charge is 0.456 e. The molecule has 3 heteroatoms. The van der Waals surface area contributed by atoms with Crippen molar-refractivity contribution in [3.8, 4) is 22.3 Å². The van der Waals surface area contributed by atoms with Crippen LogP contribution in [0.15, 0.2) is 180 Å². The molecule has 8 aromatic carbocycles. The monoisotopic (exact) mass is 643 g/mol. The van der Waals surface area contributed by atoms with E-state index in [9.17, 15) is 0 Å². The van der Waals surface area contributed by atoms with Gasteiger partial charge < -0.3 is 9.32 Å².